The van der Waals surface area contributed by atoms with Crippen LogP contribution < -0.4 is 5.73 Å². The first kappa shape index (κ1) is 12.0. The average molecular weight is 235 g/mol. The van der Waals surface area contributed by atoms with Gasteiger partial charge in [0.2, 0.25) is 0 Å². The Morgan fingerprint density at radius 2 is 2.24 bits per heavy atom. The molecule has 0 saturated heterocycles. The lowest BCUT2D eigenvalue weighted by Crippen LogP contribution is -2.20. The molecule has 0 aliphatic rings. The Morgan fingerprint density at radius 1 is 1.47 bits per heavy atom. The van der Waals surface area contributed by atoms with Gasteiger partial charge in [-0.2, -0.15) is 0 Å². The third kappa shape index (κ3) is 2.31. The van der Waals surface area contributed by atoms with Crippen LogP contribution in [0.15, 0.2) is 18.2 Å². The molecule has 0 saturated carbocycles. The molecule has 0 aliphatic heterocycles. The summed E-state index contributed by atoms with van der Waals surface area (Å²) in [6, 6.07) is 5.11. The molecule has 2 N–H and O–H groups in total. The Balaban J connectivity index is 2.57. The molecule has 0 bridgehead atoms. The first-order valence-electron chi connectivity index (χ1n) is 6.02. The van der Waals surface area contributed by atoms with Crippen LogP contribution in [0, 0.1) is 5.82 Å². The van der Waals surface area contributed by atoms with Crippen molar-refractivity contribution in [1.29, 1.82) is 0 Å². The maximum absolute atomic E-state index is 13.7. The zero-order valence-corrected chi connectivity index (χ0v) is 10.3. The number of hydrogen-bond donors (Lipinski definition) is 1. The molecule has 1 atom stereocenters. The molecular formula is C13H18FN3. The lowest BCUT2D eigenvalue weighted by Gasteiger charge is -2.09. The van der Waals surface area contributed by atoms with E-state index in [-0.39, 0.29) is 11.9 Å². The molecular weight excluding hydrogens is 217 g/mol. The van der Waals surface area contributed by atoms with Crippen LogP contribution in [0.3, 0.4) is 0 Å². The van der Waals surface area contributed by atoms with Crippen molar-refractivity contribution in [3.8, 4) is 0 Å². The van der Waals surface area contributed by atoms with Crippen LogP contribution in [0.5, 0.6) is 0 Å². The molecule has 0 spiro atoms. The van der Waals surface area contributed by atoms with Crippen molar-refractivity contribution in [2.45, 2.75) is 39.3 Å². The Bertz CT molecular complexity index is 517. The number of aryl methyl sites for hydroxylation is 1. The van der Waals surface area contributed by atoms with E-state index in [2.05, 4.69) is 16.5 Å². The fraction of sp³-hybridized carbons (Fsp3) is 0.462. The topological polar surface area (TPSA) is 43.8 Å². The van der Waals surface area contributed by atoms with Gasteiger partial charge in [0, 0.05) is 19.0 Å². The van der Waals surface area contributed by atoms with E-state index in [1.165, 1.54) is 6.07 Å². The number of aromatic nitrogens is 2. The molecule has 0 radical (unpaired) electrons. The van der Waals surface area contributed by atoms with Crippen molar-refractivity contribution in [1.82, 2.24) is 9.55 Å². The van der Waals surface area contributed by atoms with Crippen molar-refractivity contribution in [3.05, 3.63) is 29.8 Å². The third-order valence-electron chi connectivity index (χ3n) is 2.76. The first-order valence-corrected chi connectivity index (χ1v) is 6.02. The lowest BCUT2D eigenvalue weighted by molar-refractivity contribution is 0.616. The summed E-state index contributed by atoms with van der Waals surface area (Å²) in [5, 5.41) is 0. The summed E-state index contributed by atoms with van der Waals surface area (Å²) in [4.78, 5) is 4.38. The summed E-state index contributed by atoms with van der Waals surface area (Å²) < 4.78 is 15.7. The van der Waals surface area contributed by atoms with Gasteiger partial charge in [-0.1, -0.05) is 13.0 Å². The molecule has 2 aromatic rings. The highest BCUT2D eigenvalue weighted by atomic mass is 19.1. The second-order valence-corrected chi connectivity index (χ2v) is 4.47. The van der Waals surface area contributed by atoms with Gasteiger partial charge >= 0.3 is 0 Å². The van der Waals surface area contributed by atoms with Crippen molar-refractivity contribution in [2.24, 2.45) is 5.73 Å². The number of benzene rings is 1. The molecule has 2 rings (SSSR count). The van der Waals surface area contributed by atoms with Crippen LogP contribution in [-0.4, -0.2) is 15.6 Å². The smallest absolute Gasteiger partial charge is 0.151 e. The van der Waals surface area contributed by atoms with Gasteiger partial charge in [-0.25, -0.2) is 9.37 Å². The van der Waals surface area contributed by atoms with E-state index in [0.717, 1.165) is 24.3 Å². The van der Waals surface area contributed by atoms with Gasteiger partial charge in [-0.05, 0) is 25.5 Å². The predicted molar refractivity (Wildman–Crippen MR) is 67.3 cm³/mol. The standard InChI is InChI=1S/C13H18FN3/c1-3-7-17-11-6-4-5-10(14)13(11)16-12(17)8-9(2)15/h4-6,9H,3,7-8,15H2,1-2H3. The highest BCUT2D eigenvalue weighted by molar-refractivity contribution is 5.76. The molecule has 17 heavy (non-hydrogen) atoms. The predicted octanol–water partition coefficient (Wildman–Crippen LogP) is 2.48. The Hall–Kier alpha value is -1.42. The summed E-state index contributed by atoms with van der Waals surface area (Å²) in [6.45, 7) is 4.88. The number of rotatable bonds is 4. The van der Waals surface area contributed by atoms with Gasteiger partial charge < -0.3 is 10.3 Å². The Labute approximate surface area is 100 Å². The van der Waals surface area contributed by atoms with Crippen LogP contribution in [0.25, 0.3) is 11.0 Å². The number of halogens is 1. The summed E-state index contributed by atoms with van der Waals surface area (Å²) >= 11 is 0. The largest absolute Gasteiger partial charge is 0.328 e. The normalized spacial score (nSPS) is 13.2. The molecule has 1 aromatic heterocycles. The minimum Gasteiger partial charge on any atom is -0.328 e. The molecule has 0 fully saturated rings. The summed E-state index contributed by atoms with van der Waals surface area (Å²) in [5.41, 5.74) is 7.12. The molecule has 4 heteroatoms. The number of imidazole rings is 1. The van der Waals surface area contributed by atoms with Gasteiger partial charge in [0.1, 0.15) is 11.3 Å². The molecule has 1 heterocycles. The number of nitrogens with zero attached hydrogens (tertiary/aromatic N) is 2. The molecule has 92 valence electrons. The number of para-hydroxylation sites is 1. The van der Waals surface area contributed by atoms with Crippen LogP contribution in [0.4, 0.5) is 4.39 Å². The van der Waals surface area contributed by atoms with Crippen LogP contribution in [0.2, 0.25) is 0 Å². The minimum absolute atomic E-state index is 0.0329. The molecule has 1 unspecified atom stereocenters. The first-order chi connectivity index (χ1) is 8.13. The quantitative estimate of drug-likeness (QED) is 0.884. The molecule has 0 aliphatic carbocycles. The van der Waals surface area contributed by atoms with Crippen LogP contribution >= 0.6 is 0 Å². The summed E-state index contributed by atoms with van der Waals surface area (Å²) in [6.07, 6.45) is 1.67. The Morgan fingerprint density at radius 3 is 2.88 bits per heavy atom. The average Bonchev–Trinajstić information content (AvgIpc) is 2.59. The van der Waals surface area contributed by atoms with E-state index in [1.807, 2.05) is 13.0 Å². The van der Waals surface area contributed by atoms with Gasteiger partial charge in [-0.3, -0.25) is 0 Å². The lowest BCUT2D eigenvalue weighted by atomic mass is 10.2. The molecule has 3 nitrogen and oxygen atoms in total. The van der Waals surface area contributed by atoms with Gasteiger partial charge in [0.15, 0.2) is 5.82 Å². The zero-order chi connectivity index (χ0) is 12.4. The van der Waals surface area contributed by atoms with E-state index >= 15 is 0 Å². The van der Waals surface area contributed by atoms with Crippen molar-refractivity contribution >= 4 is 11.0 Å². The highest BCUT2D eigenvalue weighted by Gasteiger charge is 2.13. The van der Waals surface area contributed by atoms with Crippen LogP contribution in [0.1, 0.15) is 26.1 Å². The number of nitrogens with two attached hydrogens (primary N) is 1. The van der Waals surface area contributed by atoms with Crippen molar-refractivity contribution in [3.63, 3.8) is 0 Å². The minimum atomic E-state index is -0.261. The van der Waals surface area contributed by atoms with E-state index in [4.69, 9.17) is 5.73 Å². The third-order valence-corrected chi connectivity index (χ3v) is 2.76. The van der Waals surface area contributed by atoms with E-state index < -0.39 is 0 Å². The maximum atomic E-state index is 13.7. The SMILES string of the molecule is CCCn1c(CC(C)N)nc2c(F)cccc21. The second-order valence-electron chi connectivity index (χ2n) is 4.47. The molecule has 1 aromatic carbocycles. The highest BCUT2D eigenvalue weighted by Crippen LogP contribution is 2.20. The van der Waals surface area contributed by atoms with Gasteiger partial charge in [0.25, 0.3) is 0 Å². The van der Waals surface area contributed by atoms with Crippen molar-refractivity contribution in [2.75, 3.05) is 0 Å². The summed E-state index contributed by atoms with van der Waals surface area (Å²) in [7, 11) is 0. The fourth-order valence-corrected chi connectivity index (χ4v) is 2.08. The van der Waals surface area contributed by atoms with E-state index in [0.29, 0.717) is 11.9 Å². The number of hydrogen-bond acceptors (Lipinski definition) is 2. The monoisotopic (exact) mass is 235 g/mol. The summed E-state index contributed by atoms with van der Waals surface area (Å²) in [5.74, 6) is 0.616. The van der Waals surface area contributed by atoms with Gasteiger partial charge in [0.05, 0.1) is 5.52 Å². The number of fused-ring (bicyclic) bond motifs is 1. The van der Waals surface area contributed by atoms with E-state index in [9.17, 15) is 4.39 Å². The Kier molecular flexibility index (Phi) is 3.43. The van der Waals surface area contributed by atoms with Crippen LogP contribution in [-0.2, 0) is 13.0 Å². The maximum Gasteiger partial charge on any atom is 0.151 e. The van der Waals surface area contributed by atoms with Gasteiger partial charge in [-0.15, -0.1) is 0 Å². The van der Waals surface area contributed by atoms with E-state index in [1.54, 1.807) is 6.07 Å². The molecule has 0 amide bonds. The van der Waals surface area contributed by atoms with Crippen molar-refractivity contribution < 1.29 is 4.39 Å². The second kappa shape index (κ2) is 4.84. The zero-order valence-electron chi connectivity index (χ0n) is 10.3. The fourth-order valence-electron chi connectivity index (χ4n) is 2.08.